The highest BCUT2D eigenvalue weighted by molar-refractivity contribution is 5.86. The van der Waals surface area contributed by atoms with E-state index in [1.54, 1.807) is 14.2 Å². The van der Waals surface area contributed by atoms with Crippen molar-refractivity contribution in [3.05, 3.63) is 30.0 Å². The molecule has 1 heterocycles. The highest BCUT2D eigenvalue weighted by Crippen LogP contribution is 2.32. The number of rotatable bonds is 4. The molecule has 2 N–H and O–H groups in total. The Kier molecular flexibility index (Phi) is 3.50. The third-order valence-corrected chi connectivity index (χ3v) is 3.38. The summed E-state index contributed by atoms with van der Waals surface area (Å²) in [7, 11) is 3.44. The fraction of sp³-hybridized carbons (Fsp3) is 0.400. The first-order chi connectivity index (χ1) is 9.81. The van der Waals surface area contributed by atoms with Gasteiger partial charge in [0.15, 0.2) is 17.5 Å². The zero-order valence-corrected chi connectivity index (χ0v) is 11.8. The smallest absolute Gasteiger partial charge is 0.191 e. The standard InChI is InChI=1S/C15H19N3O2/c1-16-15(18-10-7-8-10)17-9-13-14(19-2)11-5-3-4-6-12(11)20-13/h3-6,10H,7-9H2,1-2H3,(H2,16,17,18). The number of hydrogen-bond acceptors (Lipinski definition) is 3. The number of aliphatic imine (C=N–C) groups is 1. The summed E-state index contributed by atoms with van der Waals surface area (Å²) in [6, 6.07) is 8.44. The molecule has 0 unspecified atom stereocenters. The highest BCUT2D eigenvalue weighted by Gasteiger charge is 2.22. The zero-order valence-electron chi connectivity index (χ0n) is 11.8. The predicted octanol–water partition coefficient (Wildman–Crippen LogP) is 2.27. The van der Waals surface area contributed by atoms with Crippen LogP contribution < -0.4 is 15.4 Å². The molecule has 0 bridgehead atoms. The van der Waals surface area contributed by atoms with E-state index in [0.717, 1.165) is 28.4 Å². The van der Waals surface area contributed by atoms with E-state index in [1.165, 1.54) is 12.8 Å². The Morgan fingerprint density at radius 1 is 1.40 bits per heavy atom. The lowest BCUT2D eigenvalue weighted by Gasteiger charge is -2.10. The molecule has 5 nitrogen and oxygen atoms in total. The summed E-state index contributed by atoms with van der Waals surface area (Å²) in [4.78, 5) is 4.20. The van der Waals surface area contributed by atoms with Crippen molar-refractivity contribution in [3.8, 4) is 5.75 Å². The molecule has 1 aliphatic rings. The number of ether oxygens (including phenoxy) is 1. The number of benzene rings is 1. The van der Waals surface area contributed by atoms with Gasteiger partial charge in [-0.15, -0.1) is 0 Å². The number of guanidine groups is 1. The molecule has 1 aliphatic carbocycles. The van der Waals surface area contributed by atoms with Crippen LogP contribution in [0.5, 0.6) is 5.75 Å². The lowest BCUT2D eigenvalue weighted by Crippen LogP contribution is -2.38. The van der Waals surface area contributed by atoms with Crippen LogP contribution in [0.25, 0.3) is 11.0 Å². The minimum atomic E-state index is 0.546. The lowest BCUT2D eigenvalue weighted by molar-refractivity contribution is 0.394. The second-order valence-corrected chi connectivity index (χ2v) is 4.90. The first-order valence-electron chi connectivity index (χ1n) is 6.83. The lowest BCUT2D eigenvalue weighted by atomic mass is 10.2. The summed E-state index contributed by atoms with van der Waals surface area (Å²) < 4.78 is 11.3. The number of methoxy groups -OCH3 is 1. The maximum atomic E-state index is 5.84. The van der Waals surface area contributed by atoms with Crippen LogP contribution >= 0.6 is 0 Å². The van der Waals surface area contributed by atoms with Gasteiger partial charge in [-0.1, -0.05) is 12.1 Å². The SMILES string of the molecule is CN=C(NCc1oc2ccccc2c1OC)NC1CC1. The van der Waals surface area contributed by atoms with Crippen LogP contribution in [0.1, 0.15) is 18.6 Å². The quantitative estimate of drug-likeness (QED) is 0.662. The maximum Gasteiger partial charge on any atom is 0.191 e. The molecule has 106 valence electrons. The first-order valence-corrected chi connectivity index (χ1v) is 6.83. The molecule has 0 amide bonds. The van der Waals surface area contributed by atoms with E-state index in [-0.39, 0.29) is 0 Å². The number of nitrogens with one attached hydrogen (secondary N) is 2. The van der Waals surface area contributed by atoms with Crippen molar-refractivity contribution in [2.24, 2.45) is 4.99 Å². The summed E-state index contributed by atoms with van der Waals surface area (Å²) in [5.41, 5.74) is 0.839. The van der Waals surface area contributed by atoms with Crippen LogP contribution in [0.3, 0.4) is 0 Å². The Morgan fingerprint density at radius 3 is 2.90 bits per heavy atom. The summed E-state index contributed by atoms with van der Waals surface area (Å²) in [6.07, 6.45) is 2.43. The minimum absolute atomic E-state index is 0.546. The number of fused-ring (bicyclic) bond motifs is 1. The Balaban J connectivity index is 1.76. The van der Waals surface area contributed by atoms with Crippen LogP contribution in [-0.2, 0) is 6.54 Å². The molecule has 2 aromatic rings. The topological polar surface area (TPSA) is 58.8 Å². The van der Waals surface area contributed by atoms with E-state index in [1.807, 2.05) is 24.3 Å². The molecule has 3 rings (SSSR count). The Hall–Kier alpha value is -2.17. The Labute approximate surface area is 118 Å². The van der Waals surface area contributed by atoms with Crippen LogP contribution in [-0.4, -0.2) is 26.2 Å². The minimum Gasteiger partial charge on any atom is -0.492 e. The molecule has 0 atom stereocenters. The summed E-state index contributed by atoms with van der Waals surface area (Å²) in [5, 5.41) is 7.59. The summed E-state index contributed by atoms with van der Waals surface area (Å²) >= 11 is 0. The fourth-order valence-electron chi connectivity index (χ4n) is 2.19. The molecular formula is C15H19N3O2. The average molecular weight is 273 g/mol. The molecule has 0 aliphatic heterocycles. The van der Waals surface area contributed by atoms with Gasteiger partial charge in [0.2, 0.25) is 0 Å². The van der Waals surface area contributed by atoms with E-state index in [0.29, 0.717) is 12.6 Å². The molecule has 0 saturated heterocycles. The second-order valence-electron chi connectivity index (χ2n) is 4.90. The van der Waals surface area contributed by atoms with Crippen LogP contribution in [0.4, 0.5) is 0 Å². The molecule has 5 heteroatoms. The molecule has 0 radical (unpaired) electrons. The normalized spacial score (nSPS) is 15.4. The van der Waals surface area contributed by atoms with Crippen molar-refractivity contribution < 1.29 is 9.15 Å². The predicted molar refractivity (Wildman–Crippen MR) is 79.1 cm³/mol. The van der Waals surface area contributed by atoms with Gasteiger partial charge >= 0.3 is 0 Å². The summed E-state index contributed by atoms with van der Waals surface area (Å²) in [5.74, 6) is 2.37. The van der Waals surface area contributed by atoms with Gasteiger partial charge in [0.05, 0.1) is 19.0 Å². The van der Waals surface area contributed by atoms with Crippen LogP contribution in [0, 0.1) is 0 Å². The van der Waals surface area contributed by atoms with E-state index >= 15 is 0 Å². The molecule has 20 heavy (non-hydrogen) atoms. The third-order valence-electron chi connectivity index (χ3n) is 3.38. The molecule has 1 aromatic carbocycles. The number of hydrogen-bond donors (Lipinski definition) is 2. The zero-order chi connectivity index (χ0) is 13.9. The Bertz CT molecular complexity index is 629. The van der Waals surface area contributed by atoms with Gasteiger partial charge in [-0.05, 0) is 25.0 Å². The number of nitrogens with zero attached hydrogens (tertiary/aromatic N) is 1. The van der Waals surface area contributed by atoms with Gasteiger partial charge in [0.25, 0.3) is 0 Å². The van der Waals surface area contributed by atoms with Crippen molar-refractivity contribution >= 4 is 16.9 Å². The van der Waals surface area contributed by atoms with Crippen molar-refractivity contribution in [1.29, 1.82) is 0 Å². The van der Waals surface area contributed by atoms with E-state index in [4.69, 9.17) is 9.15 Å². The van der Waals surface area contributed by atoms with E-state index in [9.17, 15) is 0 Å². The number of furan rings is 1. The van der Waals surface area contributed by atoms with Crippen LogP contribution in [0.15, 0.2) is 33.7 Å². The van der Waals surface area contributed by atoms with Crippen molar-refractivity contribution in [2.75, 3.05) is 14.2 Å². The third kappa shape index (κ3) is 2.57. The molecule has 1 fully saturated rings. The molecule has 1 aromatic heterocycles. The van der Waals surface area contributed by atoms with Crippen LogP contribution in [0.2, 0.25) is 0 Å². The summed E-state index contributed by atoms with van der Waals surface area (Å²) in [6.45, 7) is 0.546. The van der Waals surface area contributed by atoms with E-state index < -0.39 is 0 Å². The van der Waals surface area contributed by atoms with Gasteiger partial charge < -0.3 is 19.8 Å². The van der Waals surface area contributed by atoms with Crippen molar-refractivity contribution in [1.82, 2.24) is 10.6 Å². The van der Waals surface area contributed by atoms with Gasteiger partial charge in [0.1, 0.15) is 5.58 Å². The van der Waals surface area contributed by atoms with Crippen molar-refractivity contribution in [2.45, 2.75) is 25.4 Å². The van der Waals surface area contributed by atoms with Gasteiger partial charge in [-0.25, -0.2) is 0 Å². The highest BCUT2D eigenvalue weighted by atomic mass is 16.5. The molecule has 1 saturated carbocycles. The van der Waals surface area contributed by atoms with Gasteiger partial charge in [0, 0.05) is 13.1 Å². The average Bonchev–Trinajstić information content (AvgIpc) is 3.22. The van der Waals surface area contributed by atoms with Crippen molar-refractivity contribution in [3.63, 3.8) is 0 Å². The maximum absolute atomic E-state index is 5.84. The first kappa shape index (κ1) is 12.8. The fourth-order valence-corrected chi connectivity index (χ4v) is 2.19. The van der Waals surface area contributed by atoms with E-state index in [2.05, 4.69) is 15.6 Å². The van der Waals surface area contributed by atoms with Gasteiger partial charge in [-0.3, -0.25) is 4.99 Å². The number of para-hydroxylation sites is 1. The second kappa shape index (κ2) is 5.45. The Morgan fingerprint density at radius 2 is 2.20 bits per heavy atom. The van der Waals surface area contributed by atoms with Gasteiger partial charge in [-0.2, -0.15) is 0 Å². The molecular weight excluding hydrogens is 254 g/mol. The largest absolute Gasteiger partial charge is 0.492 e. The molecule has 0 spiro atoms. The monoisotopic (exact) mass is 273 g/mol.